The fourth-order valence-electron chi connectivity index (χ4n) is 3.13. The van der Waals surface area contributed by atoms with E-state index in [0.717, 1.165) is 11.3 Å². The van der Waals surface area contributed by atoms with E-state index in [0.29, 0.717) is 24.4 Å². The minimum Gasteiger partial charge on any atom is -0.494 e. The first-order valence-electron chi connectivity index (χ1n) is 9.60. The van der Waals surface area contributed by atoms with Crippen LogP contribution < -0.4 is 5.32 Å². The number of carbonyl (C=O) groups excluding carboxylic acids is 1. The summed E-state index contributed by atoms with van der Waals surface area (Å²) in [6.45, 7) is 2.29. The third kappa shape index (κ3) is 5.35. The number of aromatic nitrogens is 3. The number of amides is 1. The summed E-state index contributed by atoms with van der Waals surface area (Å²) in [4.78, 5) is 42.6. The second kappa shape index (κ2) is 9.24. The van der Waals surface area contributed by atoms with E-state index in [1.54, 1.807) is 34.9 Å². The second-order valence-electron chi connectivity index (χ2n) is 7.14. The Morgan fingerprint density at radius 1 is 1.16 bits per heavy atom. The summed E-state index contributed by atoms with van der Waals surface area (Å²) in [5.41, 5.74) is 2.53. The van der Waals surface area contributed by atoms with Crippen LogP contribution in [0.1, 0.15) is 34.5 Å². The Balaban J connectivity index is 1.62. The van der Waals surface area contributed by atoms with Crippen LogP contribution in [0.4, 0.5) is 0 Å². The van der Waals surface area contributed by atoms with Gasteiger partial charge in [0.15, 0.2) is 5.82 Å². The van der Waals surface area contributed by atoms with E-state index in [4.69, 9.17) is 10.2 Å². The maximum absolute atomic E-state index is 12.3. The molecule has 0 radical (unpaired) electrons. The molecule has 0 saturated heterocycles. The molecule has 10 nitrogen and oxygen atoms in total. The van der Waals surface area contributed by atoms with Crippen molar-refractivity contribution in [3.05, 3.63) is 53.5 Å². The van der Waals surface area contributed by atoms with E-state index in [-0.39, 0.29) is 24.3 Å². The summed E-state index contributed by atoms with van der Waals surface area (Å²) in [5.74, 6) is -2.44. The lowest BCUT2D eigenvalue weighted by molar-refractivity contribution is -0.140. The zero-order valence-corrected chi connectivity index (χ0v) is 16.8. The van der Waals surface area contributed by atoms with Gasteiger partial charge in [-0.1, -0.05) is 12.1 Å². The Morgan fingerprint density at radius 2 is 1.87 bits per heavy atom. The van der Waals surface area contributed by atoms with Gasteiger partial charge in [-0.05, 0) is 43.5 Å². The highest BCUT2D eigenvalue weighted by molar-refractivity contribution is 5.96. The second-order valence-corrected chi connectivity index (χ2v) is 7.14. The van der Waals surface area contributed by atoms with Gasteiger partial charge in [-0.25, -0.2) is 14.8 Å². The number of hydrogen-bond acceptors (Lipinski definition) is 6. The Hall–Kier alpha value is -3.95. The van der Waals surface area contributed by atoms with Crippen LogP contribution in [0, 0.1) is 6.92 Å². The fourth-order valence-corrected chi connectivity index (χ4v) is 3.13. The van der Waals surface area contributed by atoms with Crippen LogP contribution in [0.3, 0.4) is 0 Å². The van der Waals surface area contributed by atoms with Gasteiger partial charge in [0.25, 0.3) is 5.91 Å². The monoisotopic (exact) mass is 426 g/mol. The number of benzene rings is 1. The lowest BCUT2D eigenvalue weighted by Gasteiger charge is -2.14. The number of carboxylic acids is 2. The van der Waals surface area contributed by atoms with Gasteiger partial charge in [-0.2, -0.15) is 0 Å². The standard InChI is InChI=1S/C21H22N4O6/c1-12-10-15-18(23-12)22-11-25(20(15)29)9-8-13-2-4-14(5-3-13)19(28)24-16(21(30)31)6-7-17(26)27/h2-5,10-11,16,29H,6-9H2,1H3,(H,24,28)(H,26,27)(H,30,31)/t16-/m0/s1. The van der Waals surface area contributed by atoms with Crippen LogP contribution in [-0.4, -0.2) is 53.7 Å². The number of rotatable bonds is 9. The maximum atomic E-state index is 12.3. The molecule has 2 heterocycles. The van der Waals surface area contributed by atoms with Crippen molar-refractivity contribution in [1.29, 1.82) is 0 Å². The molecule has 0 aliphatic carbocycles. The Bertz CT molecular complexity index is 1080. The summed E-state index contributed by atoms with van der Waals surface area (Å²) in [7, 11) is 0. The average Bonchev–Trinajstić information content (AvgIpc) is 3.11. The summed E-state index contributed by atoms with van der Waals surface area (Å²) in [5, 5.41) is 30.6. The fraction of sp³-hybridized carbons (Fsp3) is 0.286. The molecule has 31 heavy (non-hydrogen) atoms. The normalized spacial score (nSPS) is 11.9. The molecule has 0 spiro atoms. The zero-order valence-electron chi connectivity index (χ0n) is 16.8. The molecule has 0 aromatic heterocycles. The van der Waals surface area contributed by atoms with Gasteiger partial charge in [0.05, 0.1) is 11.9 Å². The Kier molecular flexibility index (Phi) is 6.49. The minimum absolute atomic E-state index is 0.0858. The van der Waals surface area contributed by atoms with Crippen molar-refractivity contribution in [2.45, 2.75) is 38.8 Å². The molecule has 0 fully saturated rings. The molecule has 0 unspecified atom stereocenters. The van der Waals surface area contributed by atoms with Crippen LogP contribution in [0.15, 0.2) is 36.7 Å². The third-order valence-corrected chi connectivity index (χ3v) is 4.82. The van der Waals surface area contributed by atoms with Crippen molar-refractivity contribution >= 4 is 17.8 Å². The van der Waals surface area contributed by atoms with E-state index in [1.807, 2.05) is 6.92 Å². The third-order valence-electron chi connectivity index (χ3n) is 4.82. The highest BCUT2D eigenvalue weighted by Crippen LogP contribution is 2.29. The number of hydrogen-bond donors (Lipinski definition) is 4. The topological polar surface area (TPSA) is 155 Å². The van der Waals surface area contributed by atoms with Crippen molar-refractivity contribution in [2.24, 2.45) is 0 Å². The zero-order chi connectivity index (χ0) is 22.5. The SMILES string of the molecule is Cc1cc2c(O)n(CCc3ccc(C(=O)N[C@@H](CCC(=O)O)C(=O)O)cc3)cnc-2n1. The van der Waals surface area contributed by atoms with E-state index in [1.165, 1.54) is 6.33 Å². The molecule has 4 N–H and O–H groups in total. The molecular formula is C21H22N4O6. The molecule has 2 aliphatic rings. The molecule has 10 heteroatoms. The average molecular weight is 426 g/mol. The lowest BCUT2D eigenvalue weighted by atomic mass is 10.1. The van der Waals surface area contributed by atoms with Crippen LogP contribution in [-0.2, 0) is 22.6 Å². The molecule has 3 rings (SSSR count). The van der Waals surface area contributed by atoms with Crippen molar-refractivity contribution in [2.75, 3.05) is 0 Å². The van der Waals surface area contributed by atoms with Gasteiger partial charge in [0, 0.05) is 24.2 Å². The molecule has 1 atom stereocenters. The predicted octanol–water partition coefficient (Wildman–Crippen LogP) is 1.69. The Morgan fingerprint density at radius 3 is 2.52 bits per heavy atom. The summed E-state index contributed by atoms with van der Waals surface area (Å²) < 4.78 is 1.62. The first kappa shape index (κ1) is 21.8. The first-order valence-corrected chi connectivity index (χ1v) is 9.60. The molecule has 0 saturated carbocycles. The van der Waals surface area contributed by atoms with Gasteiger partial charge in [-0.3, -0.25) is 9.59 Å². The Labute approximate surface area is 177 Å². The molecule has 1 amide bonds. The van der Waals surface area contributed by atoms with E-state index in [2.05, 4.69) is 15.3 Å². The molecule has 1 aromatic rings. The number of aromatic hydroxyl groups is 1. The number of nitrogens with zero attached hydrogens (tertiary/aromatic N) is 3. The van der Waals surface area contributed by atoms with Crippen molar-refractivity contribution in [1.82, 2.24) is 19.9 Å². The summed E-state index contributed by atoms with van der Waals surface area (Å²) in [6.07, 6.45) is 1.53. The number of fused-ring (bicyclic) bond motifs is 1. The van der Waals surface area contributed by atoms with Crippen molar-refractivity contribution in [3.8, 4) is 17.3 Å². The summed E-state index contributed by atoms with van der Waals surface area (Å²) in [6, 6.07) is 7.09. The maximum Gasteiger partial charge on any atom is 0.326 e. The minimum atomic E-state index is -1.29. The molecule has 2 aliphatic heterocycles. The van der Waals surface area contributed by atoms with Gasteiger partial charge in [-0.15, -0.1) is 0 Å². The van der Waals surface area contributed by atoms with Crippen LogP contribution in [0.2, 0.25) is 0 Å². The first-order chi connectivity index (χ1) is 14.7. The highest BCUT2D eigenvalue weighted by atomic mass is 16.4. The molecule has 1 aromatic carbocycles. The molecule has 0 bridgehead atoms. The highest BCUT2D eigenvalue weighted by Gasteiger charge is 2.21. The number of nitrogens with one attached hydrogen (secondary N) is 1. The van der Waals surface area contributed by atoms with E-state index >= 15 is 0 Å². The van der Waals surface area contributed by atoms with E-state index in [9.17, 15) is 19.5 Å². The smallest absolute Gasteiger partial charge is 0.326 e. The lowest BCUT2D eigenvalue weighted by Crippen LogP contribution is -2.41. The number of carboxylic acid groups (broad SMARTS) is 2. The van der Waals surface area contributed by atoms with E-state index < -0.39 is 23.9 Å². The predicted molar refractivity (Wildman–Crippen MR) is 109 cm³/mol. The van der Waals surface area contributed by atoms with Crippen LogP contribution >= 0.6 is 0 Å². The van der Waals surface area contributed by atoms with Crippen molar-refractivity contribution in [3.63, 3.8) is 0 Å². The van der Waals surface area contributed by atoms with Crippen LogP contribution in [0.25, 0.3) is 11.4 Å². The molecule has 162 valence electrons. The summed E-state index contributed by atoms with van der Waals surface area (Å²) >= 11 is 0. The van der Waals surface area contributed by atoms with Gasteiger partial charge < -0.3 is 25.2 Å². The number of aliphatic carboxylic acids is 2. The number of aryl methyl sites for hydroxylation is 3. The van der Waals surface area contributed by atoms with Crippen molar-refractivity contribution < 1.29 is 29.7 Å². The van der Waals surface area contributed by atoms with Gasteiger partial charge in [0.2, 0.25) is 5.88 Å². The largest absolute Gasteiger partial charge is 0.494 e. The van der Waals surface area contributed by atoms with Gasteiger partial charge in [0.1, 0.15) is 6.04 Å². The number of carbonyl (C=O) groups is 3. The quantitative estimate of drug-likeness (QED) is 0.403. The van der Waals surface area contributed by atoms with Crippen LogP contribution in [0.5, 0.6) is 5.88 Å². The molecular weight excluding hydrogens is 404 g/mol. The van der Waals surface area contributed by atoms with Gasteiger partial charge >= 0.3 is 11.9 Å².